The molecule has 4 nitrogen and oxygen atoms in total. The van der Waals surface area contributed by atoms with Crippen molar-refractivity contribution in [2.24, 2.45) is 0 Å². The monoisotopic (exact) mass is 323 g/mol. The van der Waals surface area contributed by atoms with Gasteiger partial charge in [0.25, 0.3) is 0 Å². The van der Waals surface area contributed by atoms with Crippen LogP contribution in [0.1, 0.15) is 0 Å². The van der Waals surface area contributed by atoms with Gasteiger partial charge in [-0.3, -0.25) is 0 Å². The molecule has 5 rings (SSSR count). The van der Waals surface area contributed by atoms with Gasteiger partial charge in [-0.2, -0.15) is 5.10 Å². The minimum absolute atomic E-state index is 0.837. The van der Waals surface area contributed by atoms with Crippen molar-refractivity contribution >= 4 is 21.8 Å². The van der Waals surface area contributed by atoms with Crippen LogP contribution < -0.4 is 4.57 Å². The summed E-state index contributed by atoms with van der Waals surface area (Å²) in [5, 5.41) is 7.05. The Hall–Kier alpha value is -3.53. The average Bonchev–Trinajstić information content (AvgIpc) is 3.14. The predicted octanol–water partition coefficient (Wildman–Crippen LogP) is 3.85. The maximum Gasteiger partial charge on any atom is 0.356 e. The Balaban J connectivity index is 1.88. The fraction of sp³-hybridized carbons (Fsp3) is 0. The molecule has 2 aromatic carbocycles. The standard InChI is InChI=1S/C21H15N4/c1-3-9-16(10-4-1)25-15-18-17-11-5-6-12-19(17)22-21(20(18)23-25)24-13-7-2-8-14-24/h1-15H/q+1. The Kier molecular flexibility index (Phi) is 3.07. The highest BCUT2D eigenvalue weighted by Crippen LogP contribution is 2.26. The molecule has 0 N–H and O–H groups in total. The zero-order valence-corrected chi connectivity index (χ0v) is 13.4. The van der Waals surface area contributed by atoms with Gasteiger partial charge in [0.15, 0.2) is 11.0 Å². The summed E-state index contributed by atoms with van der Waals surface area (Å²) in [6.07, 6.45) is 6.08. The van der Waals surface area contributed by atoms with E-state index in [0.29, 0.717) is 0 Å². The van der Waals surface area contributed by atoms with Crippen LogP contribution in [0.5, 0.6) is 0 Å². The molecule has 0 spiro atoms. The molecule has 0 bridgehead atoms. The van der Waals surface area contributed by atoms with Crippen LogP contribution in [0.2, 0.25) is 0 Å². The second-order valence-corrected chi connectivity index (χ2v) is 5.91. The first kappa shape index (κ1) is 13.9. The molecule has 3 heterocycles. The number of hydrogen-bond donors (Lipinski definition) is 0. The average molecular weight is 323 g/mol. The minimum atomic E-state index is 0.837. The van der Waals surface area contributed by atoms with Gasteiger partial charge in [0.2, 0.25) is 0 Å². The van der Waals surface area contributed by atoms with Gasteiger partial charge in [-0.1, -0.05) is 36.4 Å². The van der Waals surface area contributed by atoms with E-state index in [1.807, 2.05) is 76.2 Å². The molecule has 4 heteroatoms. The summed E-state index contributed by atoms with van der Waals surface area (Å²) in [7, 11) is 0. The van der Waals surface area contributed by atoms with Crippen LogP contribution in [0, 0.1) is 0 Å². The summed E-state index contributed by atoms with van der Waals surface area (Å²) in [5.41, 5.74) is 2.89. The first-order chi connectivity index (χ1) is 12.4. The molecule has 0 aliphatic heterocycles. The van der Waals surface area contributed by atoms with Crippen molar-refractivity contribution in [2.75, 3.05) is 0 Å². The highest BCUT2D eigenvalue weighted by molar-refractivity contribution is 6.06. The summed E-state index contributed by atoms with van der Waals surface area (Å²) < 4.78 is 3.93. The third-order valence-electron chi connectivity index (χ3n) is 4.33. The van der Waals surface area contributed by atoms with Crippen molar-refractivity contribution in [3.05, 3.63) is 91.4 Å². The molecule has 25 heavy (non-hydrogen) atoms. The van der Waals surface area contributed by atoms with E-state index in [2.05, 4.69) is 24.4 Å². The number of para-hydroxylation sites is 2. The topological polar surface area (TPSA) is 34.6 Å². The Bertz CT molecular complexity index is 1180. The Morgan fingerprint density at radius 1 is 0.720 bits per heavy atom. The first-order valence-corrected chi connectivity index (χ1v) is 8.20. The molecule has 0 fully saturated rings. The van der Waals surface area contributed by atoms with Crippen molar-refractivity contribution in [3.8, 4) is 11.5 Å². The van der Waals surface area contributed by atoms with Gasteiger partial charge < -0.3 is 0 Å². The fourth-order valence-corrected chi connectivity index (χ4v) is 3.13. The molecule has 5 aromatic rings. The predicted molar refractivity (Wildman–Crippen MR) is 97.9 cm³/mol. The number of pyridine rings is 2. The van der Waals surface area contributed by atoms with Crippen LogP contribution in [0.15, 0.2) is 91.4 Å². The zero-order valence-electron chi connectivity index (χ0n) is 13.4. The third-order valence-corrected chi connectivity index (χ3v) is 4.33. The number of fused-ring (bicyclic) bond motifs is 3. The van der Waals surface area contributed by atoms with E-state index in [1.54, 1.807) is 0 Å². The molecule has 0 saturated carbocycles. The molecule has 118 valence electrons. The lowest BCUT2D eigenvalue weighted by molar-refractivity contribution is -0.598. The second-order valence-electron chi connectivity index (χ2n) is 5.91. The van der Waals surface area contributed by atoms with Crippen LogP contribution in [-0.4, -0.2) is 14.8 Å². The Morgan fingerprint density at radius 2 is 1.44 bits per heavy atom. The summed E-state index contributed by atoms with van der Waals surface area (Å²) in [6.45, 7) is 0. The maximum atomic E-state index is 4.87. The van der Waals surface area contributed by atoms with Crippen LogP contribution in [0.4, 0.5) is 0 Å². The van der Waals surface area contributed by atoms with Gasteiger partial charge in [0.1, 0.15) is 0 Å². The van der Waals surface area contributed by atoms with Gasteiger partial charge in [0, 0.05) is 17.0 Å². The van der Waals surface area contributed by atoms with Crippen molar-refractivity contribution < 1.29 is 4.57 Å². The van der Waals surface area contributed by atoms with E-state index >= 15 is 0 Å². The molecule has 0 saturated heterocycles. The number of aromatic nitrogens is 4. The molecule has 0 radical (unpaired) electrons. The lowest BCUT2D eigenvalue weighted by Gasteiger charge is -1.99. The summed E-state index contributed by atoms with van der Waals surface area (Å²) in [4.78, 5) is 4.87. The lowest BCUT2D eigenvalue weighted by atomic mass is 10.1. The van der Waals surface area contributed by atoms with Gasteiger partial charge in [-0.15, -0.1) is 0 Å². The van der Waals surface area contributed by atoms with Crippen LogP contribution in [0.25, 0.3) is 33.3 Å². The van der Waals surface area contributed by atoms with Gasteiger partial charge >= 0.3 is 5.82 Å². The molecule has 0 aliphatic carbocycles. The molecule has 0 aliphatic rings. The van der Waals surface area contributed by atoms with Gasteiger partial charge in [-0.05, 0) is 41.4 Å². The number of benzene rings is 2. The van der Waals surface area contributed by atoms with Crippen LogP contribution in [0.3, 0.4) is 0 Å². The molecule has 0 amide bonds. The second kappa shape index (κ2) is 5.53. The van der Waals surface area contributed by atoms with Gasteiger partial charge in [-0.25, -0.2) is 9.25 Å². The molecular weight excluding hydrogens is 308 g/mol. The van der Waals surface area contributed by atoms with E-state index in [1.165, 1.54) is 0 Å². The van der Waals surface area contributed by atoms with E-state index < -0.39 is 0 Å². The number of rotatable bonds is 2. The quantitative estimate of drug-likeness (QED) is 0.463. The summed E-state index contributed by atoms with van der Waals surface area (Å²) in [6, 6.07) is 24.3. The number of nitrogens with zero attached hydrogens (tertiary/aromatic N) is 4. The largest absolute Gasteiger partial charge is 0.356 e. The molecule has 0 unspecified atom stereocenters. The molecular formula is C21H15N4+. The normalized spacial score (nSPS) is 11.2. The van der Waals surface area contributed by atoms with Crippen molar-refractivity contribution in [2.45, 2.75) is 0 Å². The SMILES string of the molecule is c1ccc(-n2cc3c(n2)c(-[n+]2ccccc2)nc2ccccc23)cc1. The smallest absolute Gasteiger partial charge is 0.239 e. The highest BCUT2D eigenvalue weighted by Gasteiger charge is 2.21. The Labute approximate surface area is 144 Å². The van der Waals surface area contributed by atoms with E-state index in [4.69, 9.17) is 10.1 Å². The van der Waals surface area contributed by atoms with Crippen molar-refractivity contribution in [1.82, 2.24) is 14.8 Å². The highest BCUT2D eigenvalue weighted by atomic mass is 15.3. The molecule has 3 aromatic heterocycles. The van der Waals surface area contributed by atoms with Crippen molar-refractivity contribution in [1.29, 1.82) is 0 Å². The third kappa shape index (κ3) is 2.27. The number of hydrogen-bond acceptors (Lipinski definition) is 2. The van der Waals surface area contributed by atoms with Crippen LogP contribution >= 0.6 is 0 Å². The van der Waals surface area contributed by atoms with Crippen molar-refractivity contribution in [3.63, 3.8) is 0 Å². The lowest BCUT2D eigenvalue weighted by Crippen LogP contribution is -2.30. The van der Waals surface area contributed by atoms with Crippen LogP contribution in [-0.2, 0) is 0 Å². The fourth-order valence-electron chi connectivity index (χ4n) is 3.13. The minimum Gasteiger partial charge on any atom is -0.239 e. The van der Waals surface area contributed by atoms with E-state index in [9.17, 15) is 0 Å². The Morgan fingerprint density at radius 3 is 2.28 bits per heavy atom. The zero-order chi connectivity index (χ0) is 16.6. The molecule has 0 atom stereocenters. The van der Waals surface area contributed by atoms with Gasteiger partial charge in [0.05, 0.1) is 18.1 Å². The first-order valence-electron chi connectivity index (χ1n) is 8.20. The van der Waals surface area contributed by atoms with E-state index in [0.717, 1.165) is 33.3 Å². The summed E-state index contributed by atoms with van der Waals surface area (Å²) in [5.74, 6) is 0.837. The summed E-state index contributed by atoms with van der Waals surface area (Å²) >= 11 is 0. The van der Waals surface area contributed by atoms with E-state index in [-0.39, 0.29) is 0 Å². The maximum absolute atomic E-state index is 4.87.